The highest BCUT2D eigenvalue weighted by atomic mass is 16.5. The lowest BCUT2D eigenvalue weighted by molar-refractivity contribution is 0.0734. The zero-order chi connectivity index (χ0) is 29.6. The van der Waals surface area contributed by atoms with Crippen LogP contribution in [-0.4, -0.2) is 19.7 Å². The van der Waals surface area contributed by atoms with Gasteiger partial charge >= 0.3 is 5.97 Å². The zero-order valence-electron chi connectivity index (χ0n) is 23.5. The molecule has 4 aromatic carbocycles. The van der Waals surface area contributed by atoms with E-state index in [1.165, 1.54) is 12.7 Å². The van der Waals surface area contributed by atoms with Crippen LogP contribution in [-0.2, 0) is 6.61 Å². The minimum absolute atomic E-state index is 0.0241. The van der Waals surface area contributed by atoms with E-state index in [0.29, 0.717) is 47.3 Å². The van der Waals surface area contributed by atoms with E-state index in [4.69, 9.17) is 29.4 Å². The topological polar surface area (TPSA) is 113 Å². The number of nitrogens with two attached hydrogens (primary N) is 1. The Bertz CT molecular complexity index is 1690. The number of methoxy groups -OCH3 is 1. The molecule has 0 bridgehead atoms. The third kappa shape index (κ3) is 6.01. The second-order valence-corrected chi connectivity index (χ2v) is 9.66. The summed E-state index contributed by atoms with van der Waals surface area (Å²) in [6.45, 7) is 4.75. The summed E-state index contributed by atoms with van der Waals surface area (Å²) in [7, 11) is 1.53. The van der Waals surface area contributed by atoms with E-state index in [0.717, 1.165) is 11.1 Å². The molecule has 1 heterocycles. The summed E-state index contributed by atoms with van der Waals surface area (Å²) in [6.07, 6.45) is 0. The maximum Gasteiger partial charge on any atom is 0.343 e. The summed E-state index contributed by atoms with van der Waals surface area (Å²) in [5.41, 5.74) is 10.5. The summed E-state index contributed by atoms with van der Waals surface area (Å²) in [4.78, 5) is 12.8. The molecule has 0 aromatic heterocycles. The molecule has 0 saturated carbocycles. The van der Waals surface area contributed by atoms with E-state index >= 15 is 0 Å². The molecule has 1 aliphatic rings. The number of allylic oxidation sites excluding steroid dienone is 1. The Labute approximate surface area is 244 Å². The summed E-state index contributed by atoms with van der Waals surface area (Å²) >= 11 is 0. The number of benzene rings is 4. The van der Waals surface area contributed by atoms with Crippen molar-refractivity contribution in [3.63, 3.8) is 0 Å². The number of esters is 1. The lowest BCUT2D eigenvalue weighted by Gasteiger charge is -2.27. The van der Waals surface area contributed by atoms with Crippen LogP contribution in [0, 0.1) is 18.3 Å². The molecule has 0 spiro atoms. The number of hydrogen-bond acceptors (Lipinski definition) is 8. The average molecular weight is 563 g/mol. The lowest BCUT2D eigenvalue weighted by atomic mass is 9.83. The first-order chi connectivity index (χ1) is 20.4. The molecule has 4 aromatic rings. The van der Waals surface area contributed by atoms with E-state index in [9.17, 15) is 10.1 Å². The Balaban J connectivity index is 1.44. The fourth-order valence-corrected chi connectivity index (χ4v) is 4.70. The molecule has 0 radical (unpaired) electrons. The minimum Gasteiger partial charge on any atom is -0.497 e. The molecule has 2 N–H and O–H groups in total. The van der Waals surface area contributed by atoms with Crippen molar-refractivity contribution in [3.05, 3.63) is 124 Å². The first kappa shape index (κ1) is 28.1. The van der Waals surface area contributed by atoms with Crippen molar-refractivity contribution < 1.29 is 28.5 Å². The van der Waals surface area contributed by atoms with E-state index in [1.807, 2.05) is 56.3 Å². The fourth-order valence-electron chi connectivity index (χ4n) is 4.70. The molecule has 42 heavy (non-hydrogen) atoms. The number of hydrogen-bond donors (Lipinski definition) is 1. The second-order valence-electron chi connectivity index (χ2n) is 9.66. The zero-order valence-corrected chi connectivity index (χ0v) is 23.5. The highest BCUT2D eigenvalue weighted by molar-refractivity contribution is 5.91. The third-order valence-corrected chi connectivity index (χ3v) is 6.82. The van der Waals surface area contributed by atoms with Gasteiger partial charge in [-0.25, -0.2) is 4.79 Å². The van der Waals surface area contributed by atoms with Gasteiger partial charge in [-0.05, 0) is 61.4 Å². The number of nitrogens with zero attached hydrogens (tertiary/aromatic N) is 1. The maximum absolute atomic E-state index is 12.8. The molecular weight excluding hydrogens is 532 g/mol. The van der Waals surface area contributed by atoms with Crippen molar-refractivity contribution >= 4 is 5.97 Å². The van der Waals surface area contributed by atoms with Gasteiger partial charge in [0.2, 0.25) is 5.88 Å². The number of carbonyl (C=O) groups is 1. The lowest BCUT2D eigenvalue weighted by Crippen LogP contribution is -2.21. The Morgan fingerprint density at radius 2 is 1.76 bits per heavy atom. The Morgan fingerprint density at radius 1 is 0.952 bits per heavy atom. The molecule has 1 aliphatic heterocycles. The summed E-state index contributed by atoms with van der Waals surface area (Å²) in [6, 6.07) is 27.6. The third-order valence-electron chi connectivity index (χ3n) is 6.82. The van der Waals surface area contributed by atoms with Crippen LogP contribution in [0.5, 0.6) is 28.7 Å². The molecule has 8 nitrogen and oxygen atoms in total. The van der Waals surface area contributed by atoms with Gasteiger partial charge in [0.1, 0.15) is 35.5 Å². The van der Waals surface area contributed by atoms with Crippen molar-refractivity contribution in [3.8, 4) is 34.8 Å². The van der Waals surface area contributed by atoms with Gasteiger partial charge in [0, 0.05) is 11.6 Å². The van der Waals surface area contributed by atoms with Crippen molar-refractivity contribution in [2.75, 3.05) is 13.7 Å². The smallest absolute Gasteiger partial charge is 0.343 e. The SMILES string of the molecule is CCOc1cc(C2C(C#N)=C(N)Oc3cc(OC(=O)c4cccc(OC)c4)ccc32)ccc1OCc1ccc(C)cc1. The highest BCUT2D eigenvalue weighted by Crippen LogP contribution is 2.45. The molecule has 1 atom stereocenters. The molecule has 0 amide bonds. The number of nitriles is 1. The Kier molecular flexibility index (Phi) is 8.30. The fraction of sp³-hybridized carbons (Fsp3) is 0.176. The van der Waals surface area contributed by atoms with Gasteiger partial charge in [0.25, 0.3) is 0 Å². The van der Waals surface area contributed by atoms with Crippen LogP contribution in [0.2, 0.25) is 0 Å². The van der Waals surface area contributed by atoms with Crippen molar-refractivity contribution in [1.82, 2.24) is 0 Å². The van der Waals surface area contributed by atoms with Gasteiger partial charge in [-0.2, -0.15) is 5.26 Å². The number of rotatable bonds is 9. The van der Waals surface area contributed by atoms with Gasteiger partial charge < -0.3 is 29.4 Å². The highest BCUT2D eigenvalue weighted by Gasteiger charge is 2.32. The number of carbonyl (C=O) groups excluding carboxylic acids is 1. The molecule has 0 saturated heterocycles. The van der Waals surface area contributed by atoms with E-state index in [2.05, 4.69) is 6.07 Å². The summed E-state index contributed by atoms with van der Waals surface area (Å²) in [5.74, 6) is 1.22. The quantitative estimate of drug-likeness (QED) is 0.184. The van der Waals surface area contributed by atoms with Gasteiger partial charge in [-0.1, -0.05) is 48.0 Å². The van der Waals surface area contributed by atoms with Crippen LogP contribution >= 0.6 is 0 Å². The predicted molar refractivity (Wildman–Crippen MR) is 157 cm³/mol. The van der Waals surface area contributed by atoms with Gasteiger partial charge in [-0.15, -0.1) is 0 Å². The number of fused-ring (bicyclic) bond motifs is 1. The van der Waals surface area contributed by atoms with Crippen LogP contribution in [0.3, 0.4) is 0 Å². The van der Waals surface area contributed by atoms with E-state index in [-0.39, 0.29) is 17.2 Å². The van der Waals surface area contributed by atoms with Gasteiger partial charge in [-0.3, -0.25) is 0 Å². The molecule has 5 rings (SSSR count). The Morgan fingerprint density at radius 3 is 2.50 bits per heavy atom. The molecule has 0 fully saturated rings. The first-order valence-corrected chi connectivity index (χ1v) is 13.4. The predicted octanol–water partition coefficient (Wildman–Crippen LogP) is 6.42. The summed E-state index contributed by atoms with van der Waals surface area (Å²) < 4.78 is 28.6. The van der Waals surface area contributed by atoms with Gasteiger partial charge in [0.05, 0.1) is 25.2 Å². The maximum atomic E-state index is 12.8. The average Bonchev–Trinajstić information content (AvgIpc) is 3.00. The molecule has 1 unspecified atom stereocenters. The second kappa shape index (κ2) is 12.4. The van der Waals surface area contributed by atoms with Crippen LogP contribution in [0.1, 0.15) is 45.5 Å². The van der Waals surface area contributed by atoms with E-state index < -0.39 is 11.9 Å². The van der Waals surface area contributed by atoms with Crippen LogP contribution in [0.15, 0.2) is 96.4 Å². The summed E-state index contributed by atoms with van der Waals surface area (Å²) in [5, 5.41) is 10.0. The van der Waals surface area contributed by atoms with Crippen molar-refractivity contribution in [2.45, 2.75) is 26.4 Å². The standard InChI is InChI=1S/C34H30N2O6/c1-4-39-31-17-23(12-15-29(31)40-20-22-10-8-21(2)9-11-22)32-27-14-13-26(18-30(27)42-33(36)28(32)19-35)41-34(37)24-6-5-7-25(16-24)38-3/h5-18,32H,4,20,36H2,1-3H3. The largest absolute Gasteiger partial charge is 0.497 e. The molecule has 8 heteroatoms. The molecule has 212 valence electrons. The number of ether oxygens (including phenoxy) is 5. The van der Waals surface area contributed by atoms with Crippen LogP contribution in [0.25, 0.3) is 0 Å². The van der Waals surface area contributed by atoms with E-state index in [1.54, 1.807) is 42.5 Å². The Hall–Kier alpha value is -5.42. The first-order valence-electron chi connectivity index (χ1n) is 13.4. The number of aryl methyl sites for hydroxylation is 1. The normalized spacial score (nSPS) is 13.8. The van der Waals surface area contributed by atoms with Crippen LogP contribution < -0.4 is 29.4 Å². The van der Waals surface area contributed by atoms with Gasteiger partial charge in [0.15, 0.2) is 11.5 Å². The molecular formula is C34H30N2O6. The molecule has 0 aliphatic carbocycles. The monoisotopic (exact) mass is 562 g/mol. The van der Waals surface area contributed by atoms with Crippen molar-refractivity contribution in [2.24, 2.45) is 5.73 Å². The van der Waals surface area contributed by atoms with Crippen molar-refractivity contribution in [1.29, 1.82) is 5.26 Å². The minimum atomic E-state index is -0.551. The van der Waals surface area contributed by atoms with Crippen LogP contribution in [0.4, 0.5) is 0 Å².